The van der Waals surface area contributed by atoms with Crippen LogP contribution in [0, 0.1) is 11.3 Å². The van der Waals surface area contributed by atoms with Crippen molar-refractivity contribution in [3.05, 3.63) is 121 Å². The Bertz CT molecular complexity index is 1860. The van der Waals surface area contributed by atoms with E-state index >= 15 is 0 Å². The van der Waals surface area contributed by atoms with Crippen LogP contribution >= 0.6 is 7.81 Å². The molecule has 2 aromatic carbocycles. The second kappa shape index (κ2) is 15.6. The molecule has 6 rings (SSSR count). The van der Waals surface area contributed by atoms with Crippen LogP contribution in [0.3, 0.4) is 0 Å². The van der Waals surface area contributed by atoms with Crippen LogP contribution in [0.4, 0.5) is 25.2 Å². The minimum absolute atomic E-state index is 0. The van der Waals surface area contributed by atoms with Gasteiger partial charge in [-0.3, -0.25) is 19.9 Å². The van der Waals surface area contributed by atoms with Crippen molar-refractivity contribution < 1.29 is 54.5 Å². The number of benzene rings is 2. The number of nitriles is 1. The maximum Gasteiger partial charge on any atom is 0.0964 e. The van der Waals surface area contributed by atoms with Gasteiger partial charge in [0.15, 0.2) is 0 Å². The number of halogens is 6. The maximum absolute atomic E-state index is 11.9. The van der Waals surface area contributed by atoms with Gasteiger partial charge in [-0.25, -0.2) is 4.79 Å². The SMILES string of the molecule is CC#N.COC(=O)c1cc(-c2ccccn2)cc(-c2ccccn2)c1.F[P-](F)(F)(F)(F)F.[Os].c1cnc2c(c1)ccc1cccnc12. The number of pyridine rings is 4. The van der Waals surface area contributed by atoms with Crippen LogP contribution in [0.25, 0.3) is 44.3 Å². The van der Waals surface area contributed by atoms with Gasteiger partial charge in [0.25, 0.3) is 0 Å². The van der Waals surface area contributed by atoms with E-state index in [4.69, 9.17) is 10.00 Å². The van der Waals surface area contributed by atoms with Gasteiger partial charge in [-0.05, 0) is 54.6 Å². The molecule has 0 fully saturated rings. The number of fused-ring (bicyclic) bond motifs is 3. The molecule has 0 atom stereocenters. The molecule has 0 radical (unpaired) electrons. The van der Waals surface area contributed by atoms with Crippen LogP contribution in [0.2, 0.25) is 0 Å². The molecule has 7 nitrogen and oxygen atoms in total. The van der Waals surface area contributed by atoms with Gasteiger partial charge in [-0.2, -0.15) is 5.26 Å². The fourth-order valence-corrected chi connectivity index (χ4v) is 3.91. The van der Waals surface area contributed by atoms with Crippen molar-refractivity contribution in [3.63, 3.8) is 0 Å². The summed E-state index contributed by atoms with van der Waals surface area (Å²) < 4.78 is 64.0. The summed E-state index contributed by atoms with van der Waals surface area (Å²) in [6.45, 7) is 1.43. The zero-order valence-electron chi connectivity index (χ0n) is 24.6. The number of hydrogen-bond donors (Lipinski definition) is 0. The van der Waals surface area contributed by atoms with E-state index in [9.17, 15) is 30.0 Å². The molecule has 0 aliphatic heterocycles. The molecular weight excluding hydrogens is 822 g/mol. The Kier molecular flexibility index (Phi) is 12.8. The largest absolute Gasteiger partial charge is 0.254 e. The predicted molar refractivity (Wildman–Crippen MR) is 166 cm³/mol. The molecule has 0 spiro atoms. The first-order valence-electron chi connectivity index (χ1n) is 13.1. The van der Waals surface area contributed by atoms with Crippen LogP contribution < -0.4 is 0 Å². The number of nitrogens with zero attached hydrogens (tertiary/aromatic N) is 5. The summed E-state index contributed by atoms with van der Waals surface area (Å²) in [5.74, 6) is -0.380. The van der Waals surface area contributed by atoms with Gasteiger partial charge in [0.1, 0.15) is 0 Å². The number of carbonyl (C=O) groups excluding carboxylic acids is 1. The topological polar surface area (TPSA) is 102 Å². The molecule has 47 heavy (non-hydrogen) atoms. The van der Waals surface area contributed by atoms with Crippen LogP contribution in [0.1, 0.15) is 17.3 Å². The van der Waals surface area contributed by atoms with Gasteiger partial charge >= 0.3 is 39.0 Å². The monoisotopic (exact) mass is 848 g/mol. The third kappa shape index (κ3) is 13.6. The van der Waals surface area contributed by atoms with Gasteiger partial charge in [-0.1, -0.05) is 36.4 Å². The first kappa shape index (κ1) is 38.3. The zero-order valence-corrected chi connectivity index (χ0v) is 28.0. The Morgan fingerprint density at radius 3 is 1.38 bits per heavy atom. The van der Waals surface area contributed by atoms with E-state index in [1.807, 2.05) is 54.6 Å². The summed E-state index contributed by atoms with van der Waals surface area (Å²) in [4.78, 5) is 29.3. The Morgan fingerprint density at radius 2 is 1.04 bits per heavy atom. The van der Waals surface area contributed by atoms with Crippen LogP contribution in [-0.2, 0) is 24.5 Å². The molecule has 0 aliphatic carbocycles. The van der Waals surface area contributed by atoms with E-state index in [0.717, 1.165) is 44.3 Å². The smallest absolute Gasteiger partial charge is 0.0964 e. The van der Waals surface area contributed by atoms with Crippen molar-refractivity contribution in [2.24, 2.45) is 0 Å². The van der Waals surface area contributed by atoms with Crippen molar-refractivity contribution in [1.82, 2.24) is 19.9 Å². The molecule has 0 bridgehead atoms. The first-order chi connectivity index (χ1) is 21.6. The van der Waals surface area contributed by atoms with E-state index in [1.165, 1.54) is 14.0 Å². The zero-order chi connectivity index (χ0) is 33.9. The second-order valence-electron chi connectivity index (χ2n) is 9.12. The molecule has 0 saturated heterocycles. The van der Waals surface area contributed by atoms with Crippen molar-refractivity contribution >= 4 is 35.6 Å². The molecule has 4 heterocycles. The molecule has 246 valence electrons. The molecule has 0 amide bonds. The normalized spacial score (nSPS) is 11.6. The number of methoxy groups -OCH3 is 1. The van der Waals surface area contributed by atoms with Crippen molar-refractivity contribution in [1.29, 1.82) is 5.26 Å². The standard InChI is InChI=1S/C18H14N2O2.C12H8N2.C2H3N.F6P.Os/c1-22-18(21)15-11-13(16-6-2-4-8-19-16)10-14(12-15)17-7-3-5-9-20-17;1-3-9-5-6-10-4-2-8-14-12(10)11(9)13-7-1;1-2-3;1-7(2,3,4,5)6;/h2-12H,1H3;1-8H;1H3;;/q;;;-1;. The summed E-state index contributed by atoms with van der Waals surface area (Å²) in [6, 6.07) is 30.7. The number of hydrogen-bond acceptors (Lipinski definition) is 7. The summed E-state index contributed by atoms with van der Waals surface area (Å²) >= 11 is 0. The van der Waals surface area contributed by atoms with E-state index in [-0.39, 0.29) is 25.8 Å². The van der Waals surface area contributed by atoms with Crippen LogP contribution in [-0.4, -0.2) is 33.0 Å². The predicted octanol–water partition coefficient (Wildman–Crippen LogP) is 10.3. The maximum atomic E-state index is 11.9. The Morgan fingerprint density at radius 1 is 0.660 bits per heavy atom. The van der Waals surface area contributed by atoms with Crippen molar-refractivity contribution in [2.75, 3.05) is 7.11 Å². The Labute approximate surface area is 278 Å². The molecule has 0 N–H and O–H groups in total. The van der Waals surface area contributed by atoms with Crippen LogP contribution in [0.15, 0.2) is 116 Å². The molecule has 4 aromatic heterocycles. The summed E-state index contributed by atoms with van der Waals surface area (Å²) in [5, 5.41) is 9.59. The third-order valence-electron chi connectivity index (χ3n) is 5.62. The molecule has 0 unspecified atom stereocenters. The van der Waals surface area contributed by atoms with E-state index in [2.05, 4.69) is 44.2 Å². The minimum atomic E-state index is -10.7. The number of carbonyl (C=O) groups is 1. The van der Waals surface area contributed by atoms with Gasteiger partial charge in [0.05, 0.1) is 41.2 Å². The van der Waals surface area contributed by atoms with Gasteiger partial charge in [0.2, 0.25) is 0 Å². The summed E-state index contributed by atoms with van der Waals surface area (Å²) in [7, 11) is -9.29. The number of aromatic nitrogens is 4. The average Bonchev–Trinajstić information content (AvgIpc) is 3.04. The molecule has 15 heteroatoms. The first-order valence-corrected chi connectivity index (χ1v) is 15.1. The summed E-state index contributed by atoms with van der Waals surface area (Å²) in [5.41, 5.74) is 5.73. The van der Waals surface area contributed by atoms with E-state index < -0.39 is 7.81 Å². The van der Waals surface area contributed by atoms with Gasteiger partial charge in [-0.15, -0.1) is 0 Å². The Balaban J connectivity index is 0.000000262. The second-order valence-corrected chi connectivity index (χ2v) is 11.0. The molecule has 0 aliphatic rings. The fourth-order valence-electron chi connectivity index (χ4n) is 3.91. The molecular formula is C32H25F6N5O2OsP-. The van der Waals surface area contributed by atoms with E-state index in [0.29, 0.717) is 5.56 Å². The fraction of sp³-hybridized carbons (Fsp3) is 0.0625. The average molecular weight is 847 g/mol. The Hall–Kier alpha value is -4.83. The third-order valence-corrected chi connectivity index (χ3v) is 5.62. The van der Waals surface area contributed by atoms with Crippen molar-refractivity contribution in [2.45, 2.75) is 6.92 Å². The quantitative estimate of drug-likeness (QED) is 0.0757. The molecule has 6 aromatic rings. The number of rotatable bonds is 3. The van der Waals surface area contributed by atoms with Gasteiger partial charge < -0.3 is 4.74 Å². The molecule has 0 saturated carbocycles. The minimum Gasteiger partial charge on any atom is -0.254 e. The van der Waals surface area contributed by atoms with E-state index in [1.54, 1.807) is 43.0 Å². The summed E-state index contributed by atoms with van der Waals surface area (Å²) in [6.07, 6.45) is 7.05. The number of esters is 1. The van der Waals surface area contributed by atoms with Gasteiger partial charge in [0, 0.05) is 73.4 Å². The van der Waals surface area contributed by atoms with Crippen molar-refractivity contribution in [3.8, 4) is 28.6 Å². The number of ether oxygens (including phenoxy) is 1. The van der Waals surface area contributed by atoms with Crippen LogP contribution in [0.5, 0.6) is 0 Å².